The van der Waals surface area contributed by atoms with Gasteiger partial charge in [0.05, 0.1) is 5.88 Å². The summed E-state index contributed by atoms with van der Waals surface area (Å²) in [6, 6.07) is 5.89. The summed E-state index contributed by atoms with van der Waals surface area (Å²) in [7, 11) is 0. The number of rotatable bonds is 4. The second-order valence-electron chi connectivity index (χ2n) is 3.23. The topological polar surface area (TPSA) is 26.3 Å². The Morgan fingerprint density at radius 3 is 2.79 bits per heavy atom. The molecule has 0 fully saturated rings. The van der Waals surface area contributed by atoms with Gasteiger partial charge < -0.3 is 4.74 Å². The minimum atomic E-state index is -0.104. The number of halogens is 1. The summed E-state index contributed by atoms with van der Waals surface area (Å²) in [6.45, 7) is 3.98. The van der Waals surface area contributed by atoms with E-state index in [1.54, 1.807) is 0 Å². The molecule has 0 atom stereocenters. The van der Waals surface area contributed by atoms with Gasteiger partial charge in [0, 0.05) is 0 Å². The molecule has 0 bridgehead atoms. The van der Waals surface area contributed by atoms with E-state index >= 15 is 0 Å². The highest BCUT2D eigenvalue weighted by molar-refractivity contribution is 6.27. The minimum absolute atomic E-state index is 0.00482. The van der Waals surface area contributed by atoms with E-state index in [0.717, 1.165) is 16.9 Å². The van der Waals surface area contributed by atoms with Crippen LogP contribution in [0.3, 0.4) is 0 Å². The molecule has 76 valence electrons. The van der Waals surface area contributed by atoms with Crippen LogP contribution in [-0.4, -0.2) is 18.3 Å². The van der Waals surface area contributed by atoms with Crippen LogP contribution in [0.1, 0.15) is 11.1 Å². The summed E-state index contributed by atoms with van der Waals surface area (Å²) in [5, 5.41) is 0. The molecular weight excluding hydrogens is 200 g/mol. The molecule has 0 aliphatic rings. The van der Waals surface area contributed by atoms with Gasteiger partial charge in [-0.25, -0.2) is 0 Å². The molecule has 0 saturated carbocycles. The van der Waals surface area contributed by atoms with Crippen LogP contribution in [-0.2, 0) is 4.79 Å². The number of hydrogen-bond donors (Lipinski definition) is 0. The highest BCUT2D eigenvalue weighted by Crippen LogP contribution is 2.18. The van der Waals surface area contributed by atoms with Crippen molar-refractivity contribution in [1.29, 1.82) is 0 Å². The van der Waals surface area contributed by atoms with Crippen LogP contribution in [0.25, 0.3) is 0 Å². The van der Waals surface area contributed by atoms with Gasteiger partial charge in [-0.1, -0.05) is 12.1 Å². The normalized spacial score (nSPS) is 9.93. The first kappa shape index (κ1) is 11.1. The Labute approximate surface area is 88.8 Å². The van der Waals surface area contributed by atoms with Gasteiger partial charge in [-0.15, -0.1) is 11.6 Å². The number of ether oxygens (including phenoxy) is 1. The first-order chi connectivity index (χ1) is 6.63. The molecule has 0 saturated heterocycles. The molecular formula is C11H13ClO2. The van der Waals surface area contributed by atoms with Gasteiger partial charge in [0.15, 0.2) is 5.78 Å². The third-order valence-corrected chi connectivity index (χ3v) is 2.18. The summed E-state index contributed by atoms with van der Waals surface area (Å²) < 4.78 is 5.34. The van der Waals surface area contributed by atoms with E-state index in [9.17, 15) is 4.79 Å². The van der Waals surface area contributed by atoms with Crippen molar-refractivity contribution in [3.63, 3.8) is 0 Å². The van der Waals surface area contributed by atoms with Crippen LogP contribution >= 0.6 is 11.6 Å². The smallest absolute Gasteiger partial charge is 0.184 e. The van der Waals surface area contributed by atoms with Crippen LogP contribution in [0.2, 0.25) is 0 Å². The van der Waals surface area contributed by atoms with Crippen molar-refractivity contribution < 1.29 is 9.53 Å². The summed E-state index contributed by atoms with van der Waals surface area (Å²) in [5.74, 6) is 0.654. The maximum Gasteiger partial charge on any atom is 0.184 e. The van der Waals surface area contributed by atoms with Crippen molar-refractivity contribution >= 4 is 17.4 Å². The lowest BCUT2D eigenvalue weighted by molar-refractivity contribution is -0.118. The number of carbonyl (C=O) groups is 1. The van der Waals surface area contributed by atoms with Gasteiger partial charge in [-0.05, 0) is 31.0 Å². The molecule has 1 aromatic rings. The zero-order chi connectivity index (χ0) is 10.6. The number of alkyl halides is 1. The van der Waals surface area contributed by atoms with Crippen molar-refractivity contribution in [2.75, 3.05) is 12.5 Å². The standard InChI is InChI=1S/C11H13ClO2/c1-8-3-4-9(2)11(5-8)14-7-10(13)6-12/h3-5H,6-7H2,1-2H3. The van der Waals surface area contributed by atoms with Gasteiger partial charge in [-0.3, -0.25) is 4.79 Å². The molecule has 0 unspecified atom stereocenters. The van der Waals surface area contributed by atoms with Crippen molar-refractivity contribution in [2.45, 2.75) is 13.8 Å². The Kier molecular flexibility index (Phi) is 3.96. The van der Waals surface area contributed by atoms with Crippen LogP contribution in [0.4, 0.5) is 0 Å². The SMILES string of the molecule is Cc1ccc(C)c(OCC(=O)CCl)c1. The van der Waals surface area contributed by atoms with E-state index in [-0.39, 0.29) is 18.3 Å². The molecule has 0 N–H and O–H groups in total. The number of aryl methyl sites for hydroxylation is 2. The Morgan fingerprint density at radius 2 is 2.14 bits per heavy atom. The first-order valence-electron chi connectivity index (χ1n) is 4.41. The Hall–Kier alpha value is -1.02. The Morgan fingerprint density at radius 1 is 1.43 bits per heavy atom. The van der Waals surface area contributed by atoms with E-state index < -0.39 is 0 Å². The molecule has 0 aliphatic heterocycles. The summed E-state index contributed by atoms with van der Waals surface area (Å²) >= 11 is 5.36. The molecule has 1 aromatic carbocycles. The molecule has 0 radical (unpaired) electrons. The average molecular weight is 213 g/mol. The lowest BCUT2D eigenvalue weighted by Gasteiger charge is -2.08. The molecule has 1 rings (SSSR count). The largest absolute Gasteiger partial charge is 0.486 e. The lowest BCUT2D eigenvalue weighted by atomic mass is 10.1. The third kappa shape index (κ3) is 3.04. The van der Waals surface area contributed by atoms with E-state index in [2.05, 4.69) is 0 Å². The fourth-order valence-electron chi connectivity index (χ4n) is 1.06. The van der Waals surface area contributed by atoms with Crippen LogP contribution in [0.15, 0.2) is 18.2 Å². The number of ketones is 1. The lowest BCUT2D eigenvalue weighted by Crippen LogP contribution is -2.12. The van der Waals surface area contributed by atoms with E-state index in [4.69, 9.17) is 16.3 Å². The highest BCUT2D eigenvalue weighted by Gasteiger charge is 2.03. The van der Waals surface area contributed by atoms with Crippen LogP contribution in [0.5, 0.6) is 5.75 Å². The predicted molar refractivity (Wildman–Crippen MR) is 57.1 cm³/mol. The fraction of sp³-hybridized carbons (Fsp3) is 0.364. The van der Waals surface area contributed by atoms with E-state index in [0.29, 0.717) is 0 Å². The maximum atomic E-state index is 10.9. The fourth-order valence-corrected chi connectivity index (χ4v) is 1.14. The Bertz CT molecular complexity index is 334. The Balaban J connectivity index is 2.66. The number of carbonyl (C=O) groups excluding carboxylic acids is 1. The zero-order valence-corrected chi connectivity index (χ0v) is 9.10. The zero-order valence-electron chi connectivity index (χ0n) is 8.34. The van der Waals surface area contributed by atoms with E-state index in [1.807, 2.05) is 32.0 Å². The van der Waals surface area contributed by atoms with Gasteiger partial charge in [0.2, 0.25) is 0 Å². The first-order valence-corrected chi connectivity index (χ1v) is 4.94. The quantitative estimate of drug-likeness (QED) is 0.717. The summed E-state index contributed by atoms with van der Waals surface area (Å²) in [6.07, 6.45) is 0. The molecule has 14 heavy (non-hydrogen) atoms. The summed E-state index contributed by atoms with van der Waals surface area (Å²) in [5.41, 5.74) is 2.14. The van der Waals surface area contributed by atoms with Crippen molar-refractivity contribution in [2.24, 2.45) is 0 Å². The van der Waals surface area contributed by atoms with Crippen LogP contribution in [0, 0.1) is 13.8 Å². The second kappa shape index (κ2) is 5.01. The minimum Gasteiger partial charge on any atom is -0.486 e. The second-order valence-corrected chi connectivity index (χ2v) is 3.50. The monoisotopic (exact) mass is 212 g/mol. The van der Waals surface area contributed by atoms with Crippen molar-refractivity contribution in [3.8, 4) is 5.75 Å². The van der Waals surface area contributed by atoms with Gasteiger partial charge >= 0.3 is 0 Å². The molecule has 0 amide bonds. The van der Waals surface area contributed by atoms with Gasteiger partial charge in [0.25, 0.3) is 0 Å². The third-order valence-electron chi connectivity index (χ3n) is 1.88. The highest BCUT2D eigenvalue weighted by atomic mass is 35.5. The molecule has 0 aromatic heterocycles. The molecule has 2 nitrogen and oxygen atoms in total. The van der Waals surface area contributed by atoms with E-state index in [1.165, 1.54) is 0 Å². The number of hydrogen-bond acceptors (Lipinski definition) is 2. The molecule has 0 heterocycles. The number of Topliss-reactive ketones (excluding diaryl/α,β-unsaturated/α-hetero) is 1. The average Bonchev–Trinajstić information content (AvgIpc) is 2.19. The van der Waals surface area contributed by atoms with Gasteiger partial charge in [0.1, 0.15) is 12.4 Å². The molecule has 0 aliphatic carbocycles. The van der Waals surface area contributed by atoms with Crippen LogP contribution < -0.4 is 4.74 Å². The molecule has 0 spiro atoms. The van der Waals surface area contributed by atoms with Crippen molar-refractivity contribution in [1.82, 2.24) is 0 Å². The van der Waals surface area contributed by atoms with Gasteiger partial charge in [-0.2, -0.15) is 0 Å². The van der Waals surface area contributed by atoms with Crippen molar-refractivity contribution in [3.05, 3.63) is 29.3 Å². The number of benzene rings is 1. The predicted octanol–water partition coefficient (Wildman–Crippen LogP) is 2.49. The molecule has 3 heteroatoms. The maximum absolute atomic E-state index is 10.9. The summed E-state index contributed by atoms with van der Waals surface area (Å²) in [4.78, 5) is 10.9.